The number of nitrogens with zero attached hydrogens (tertiary/aromatic N) is 5. The molecule has 1 aromatic rings. The summed E-state index contributed by atoms with van der Waals surface area (Å²) in [7, 11) is 0. The molecular formula is C21H37IN6O. The van der Waals surface area contributed by atoms with E-state index in [4.69, 9.17) is 9.98 Å². The number of fused-ring (bicyclic) bond motifs is 1. The molecular weight excluding hydrogens is 479 g/mol. The van der Waals surface area contributed by atoms with E-state index in [1.165, 1.54) is 18.7 Å². The van der Waals surface area contributed by atoms with Crippen LogP contribution >= 0.6 is 24.0 Å². The fourth-order valence-electron chi connectivity index (χ4n) is 4.61. The Bertz CT molecular complexity index is 703. The van der Waals surface area contributed by atoms with Gasteiger partial charge in [0.1, 0.15) is 5.82 Å². The molecule has 0 aromatic carbocycles. The third-order valence-electron chi connectivity index (χ3n) is 5.56. The van der Waals surface area contributed by atoms with E-state index < -0.39 is 0 Å². The first-order chi connectivity index (χ1) is 13.3. The molecule has 8 heteroatoms. The van der Waals surface area contributed by atoms with Crippen molar-refractivity contribution in [2.45, 2.75) is 78.4 Å². The van der Waals surface area contributed by atoms with Crippen LogP contribution in [0.15, 0.2) is 11.2 Å². The molecule has 7 nitrogen and oxygen atoms in total. The number of aryl methyl sites for hydroxylation is 2. The lowest BCUT2D eigenvalue weighted by Crippen LogP contribution is -2.66. The molecule has 3 rings (SSSR count). The fourth-order valence-corrected chi connectivity index (χ4v) is 4.61. The van der Waals surface area contributed by atoms with Gasteiger partial charge in [0.2, 0.25) is 5.91 Å². The molecule has 0 atom stereocenters. The smallest absolute Gasteiger partial charge is 0.242 e. The maximum Gasteiger partial charge on any atom is 0.242 e. The number of hydrogen-bond donors (Lipinski definition) is 1. The molecule has 0 saturated carbocycles. The number of halogens is 1. The van der Waals surface area contributed by atoms with Gasteiger partial charge in [0.15, 0.2) is 5.96 Å². The summed E-state index contributed by atoms with van der Waals surface area (Å²) in [6.07, 6.45) is 6.59. The van der Waals surface area contributed by atoms with Crippen LogP contribution in [-0.2, 0) is 24.2 Å². The molecule has 2 aliphatic rings. The first-order valence-corrected chi connectivity index (χ1v) is 10.7. The minimum absolute atomic E-state index is 0. The molecule has 0 spiro atoms. The molecule has 164 valence electrons. The summed E-state index contributed by atoms with van der Waals surface area (Å²) < 4.78 is 2.29. The van der Waals surface area contributed by atoms with Gasteiger partial charge in [-0.25, -0.2) is 4.98 Å². The van der Waals surface area contributed by atoms with Gasteiger partial charge < -0.3 is 19.7 Å². The van der Waals surface area contributed by atoms with Gasteiger partial charge in [0.25, 0.3) is 0 Å². The van der Waals surface area contributed by atoms with Crippen LogP contribution in [0.5, 0.6) is 0 Å². The highest BCUT2D eigenvalue weighted by Crippen LogP contribution is 2.24. The van der Waals surface area contributed by atoms with Gasteiger partial charge in [-0.05, 0) is 47.5 Å². The molecule has 0 unspecified atom stereocenters. The number of hydrogen-bond acceptors (Lipinski definition) is 3. The zero-order chi connectivity index (χ0) is 20.3. The topological polar surface area (TPSA) is 65.8 Å². The number of guanidine groups is 1. The summed E-state index contributed by atoms with van der Waals surface area (Å²) in [6.45, 7) is 14.2. The van der Waals surface area contributed by atoms with Crippen molar-refractivity contribution in [2.75, 3.05) is 26.2 Å². The van der Waals surface area contributed by atoms with Crippen LogP contribution in [0.2, 0.25) is 0 Å². The van der Waals surface area contributed by atoms with Gasteiger partial charge in [-0.1, -0.05) is 0 Å². The summed E-state index contributed by atoms with van der Waals surface area (Å²) in [6, 6.07) is 0.205. The molecule has 0 bridgehead atoms. The zero-order valence-electron chi connectivity index (χ0n) is 18.6. The Balaban J connectivity index is 0.00000300. The van der Waals surface area contributed by atoms with Crippen molar-refractivity contribution in [3.8, 4) is 0 Å². The fraction of sp³-hybridized carbons (Fsp3) is 0.762. The lowest BCUT2D eigenvalue weighted by molar-refractivity contribution is -0.145. The predicted molar refractivity (Wildman–Crippen MR) is 128 cm³/mol. The van der Waals surface area contributed by atoms with E-state index in [1.54, 1.807) is 0 Å². The summed E-state index contributed by atoms with van der Waals surface area (Å²) in [4.78, 5) is 26.5. The molecule has 1 saturated heterocycles. The maximum atomic E-state index is 12.8. The Kier molecular flexibility index (Phi) is 8.37. The molecule has 1 aromatic heterocycles. The number of piperazine rings is 1. The standard InChI is InChI=1S/C21H36N6O.HI/c1-6-22-20(26-14-19(28)27(16(2)3)21(4,5)15-26)23-11-10-17-13-25-12-8-7-9-18(25)24-17;/h13,16H,6-12,14-15H2,1-5H3,(H,22,23);1H. The Labute approximate surface area is 192 Å². The average molecular weight is 516 g/mol. The Morgan fingerprint density at radius 2 is 2.10 bits per heavy atom. The number of aliphatic imine (C=N–C) groups is 1. The third kappa shape index (κ3) is 5.64. The van der Waals surface area contributed by atoms with Crippen LogP contribution in [0.4, 0.5) is 0 Å². The normalized spacial score (nSPS) is 19.2. The zero-order valence-corrected chi connectivity index (χ0v) is 20.9. The van der Waals surface area contributed by atoms with Gasteiger partial charge in [0, 0.05) is 51.3 Å². The quantitative estimate of drug-likeness (QED) is 0.372. The number of amides is 1. The van der Waals surface area contributed by atoms with Crippen molar-refractivity contribution in [3.05, 3.63) is 17.7 Å². The highest BCUT2D eigenvalue weighted by Gasteiger charge is 2.40. The molecule has 1 N–H and O–H groups in total. The molecule has 29 heavy (non-hydrogen) atoms. The van der Waals surface area contributed by atoms with Crippen LogP contribution in [0, 0.1) is 0 Å². The van der Waals surface area contributed by atoms with E-state index in [0.717, 1.165) is 44.1 Å². The number of rotatable bonds is 5. The van der Waals surface area contributed by atoms with E-state index in [0.29, 0.717) is 13.1 Å². The monoisotopic (exact) mass is 516 g/mol. The van der Waals surface area contributed by atoms with Gasteiger partial charge in [-0.2, -0.15) is 0 Å². The molecule has 0 radical (unpaired) electrons. The lowest BCUT2D eigenvalue weighted by atomic mass is 9.96. The summed E-state index contributed by atoms with van der Waals surface area (Å²) >= 11 is 0. The second kappa shape index (κ2) is 10.1. The first kappa shape index (κ1) is 24.0. The van der Waals surface area contributed by atoms with Crippen LogP contribution in [0.25, 0.3) is 0 Å². The highest BCUT2D eigenvalue weighted by atomic mass is 127. The minimum Gasteiger partial charge on any atom is -0.357 e. The van der Waals surface area contributed by atoms with Gasteiger partial charge in [-0.15, -0.1) is 24.0 Å². The Hall–Kier alpha value is -1.32. The Morgan fingerprint density at radius 1 is 1.34 bits per heavy atom. The van der Waals surface area contributed by atoms with E-state index in [9.17, 15) is 4.79 Å². The summed E-state index contributed by atoms with van der Waals surface area (Å²) in [5.74, 6) is 2.21. The second-order valence-corrected chi connectivity index (χ2v) is 8.81. The van der Waals surface area contributed by atoms with Gasteiger partial charge in [0.05, 0.1) is 17.8 Å². The van der Waals surface area contributed by atoms with E-state index in [-0.39, 0.29) is 41.5 Å². The van der Waals surface area contributed by atoms with Crippen LogP contribution < -0.4 is 5.32 Å². The minimum atomic E-state index is -0.220. The number of nitrogens with one attached hydrogen (secondary N) is 1. The second-order valence-electron chi connectivity index (χ2n) is 8.81. The van der Waals surface area contributed by atoms with E-state index in [1.807, 2.05) is 4.90 Å². The summed E-state index contributed by atoms with van der Waals surface area (Å²) in [5, 5.41) is 3.37. The van der Waals surface area contributed by atoms with E-state index >= 15 is 0 Å². The van der Waals surface area contributed by atoms with Crippen LogP contribution in [-0.4, -0.2) is 69.0 Å². The number of aromatic nitrogens is 2. The van der Waals surface area contributed by atoms with Gasteiger partial charge >= 0.3 is 0 Å². The maximum absolute atomic E-state index is 12.8. The molecule has 1 fully saturated rings. The largest absolute Gasteiger partial charge is 0.357 e. The van der Waals surface area contributed by atoms with Crippen molar-refractivity contribution in [3.63, 3.8) is 0 Å². The van der Waals surface area contributed by atoms with Crippen molar-refractivity contribution in [1.29, 1.82) is 0 Å². The molecule has 2 aliphatic heterocycles. The van der Waals surface area contributed by atoms with Crippen molar-refractivity contribution < 1.29 is 4.79 Å². The lowest BCUT2D eigenvalue weighted by Gasteiger charge is -2.49. The molecule has 1 amide bonds. The number of imidazole rings is 1. The van der Waals surface area contributed by atoms with Crippen molar-refractivity contribution in [1.82, 2.24) is 24.7 Å². The van der Waals surface area contributed by atoms with Crippen molar-refractivity contribution >= 4 is 35.8 Å². The number of carbonyl (C=O) groups excluding carboxylic acids is 1. The van der Waals surface area contributed by atoms with Crippen LogP contribution in [0.3, 0.4) is 0 Å². The predicted octanol–water partition coefficient (Wildman–Crippen LogP) is 2.68. The van der Waals surface area contributed by atoms with E-state index in [2.05, 4.69) is 55.6 Å². The number of carbonyl (C=O) groups is 1. The van der Waals surface area contributed by atoms with Crippen LogP contribution in [0.1, 0.15) is 59.0 Å². The third-order valence-corrected chi connectivity index (χ3v) is 5.56. The molecule has 0 aliphatic carbocycles. The Morgan fingerprint density at radius 3 is 2.72 bits per heavy atom. The highest BCUT2D eigenvalue weighted by molar-refractivity contribution is 14.0. The SMILES string of the molecule is CCNC(=NCCc1cn2c(n1)CCCC2)N1CC(=O)N(C(C)C)C(C)(C)C1.I. The first-order valence-electron chi connectivity index (χ1n) is 10.7. The van der Waals surface area contributed by atoms with Gasteiger partial charge in [-0.3, -0.25) is 9.79 Å². The van der Waals surface area contributed by atoms with Crippen molar-refractivity contribution in [2.24, 2.45) is 4.99 Å². The average Bonchev–Trinajstić information content (AvgIpc) is 3.02. The molecule has 3 heterocycles. The summed E-state index contributed by atoms with van der Waals surface area (Å²) in [5.41, 5.74) is 0.903.